The van der Waals surface area contributed by atoms with Gasteiger partial charge in [-0.2, -0.15) is 9.98 Å². The zero-order valence-electron chi connectivity index (χ0n) is 6.01. The molecule has 0 saturated carbocycles. The van der Waals surface area contributed by atoms with Crippen LogP contribution in [0.5, 0.6) is 0 Å². The molecule has 0 bridgehead atoms. The molecular formula is C7HBrF2N2O. The first-order valence-electron chi connectivity index (χ1n) is 3.24. The molecule has 2 rings (SSSR count). The predicted molar refractivity (Wildman–Crippen MR) is 41.8 cm³/mol. The van der Waals surface area contributed by atoms with Gasteiger partial charge >= 0.3 is 6.03 Å². The summed E-state index contributed by atoms with van der Waals surface area (Å²) in [6.07, 6.45) is 0. The van der Waals surface area contributed by atoms with Crippen LogP contribution in [0.4, 0.5) is 13.6 Å². The number of halogens is 3. The Labute approximate surface area is 78.9 Å². The quantitative estimate of drug-likeness (QED) is 0.633. The van der Waals surface area contributed by atoms with Crippen LogP contribution in [0, 0.1) is 11.6 Å². The molecule has 0 unspecified atom stereocenters. The highest BCUT2D eigenvalue weighted by molar-refractivity contribution is 9.10. The van der Waals surface area contributed by atoms with Crippen molar-refractivity contribution in [1.82, 2.24) is 0 Å². The van der Waals surface area contributed by atoms with Crippen LogP contribution >= 0.6 is 15.9 Å². The lowest BCUT2D eigenvalue weighted by Crippen LogP contribution is -2.27. The summed E-state index contributed by atoms with van der Waals surface area (Å²) in [6, 6.07) is 0.397. The van der Waals surface area contributed by atoms with Crippen molar-refractivity contribution in [1.29, 1.82) is 0 Å². The van der Waals surface area contributed by atoms with E-state index in [1.165, 1.54) is 6.07 Å². The molecule has 1 aliphatic heterocycles. The van der Waals surface area contributed by atoms with Crippen LogP contribution < -0.4 is 10.7 Å². The van der Waals surface area contributed by atoms with E-state index in [1.54, 1.807) is 0 Å². The average Bonchev–Trinajstić information content (AvgIpc) is 2.42. The zero-order chi connectivity index (χ0) is 9.59. The van der Waals surface area contributed by atoms with Gasteiger partial charge in [0.25, 0.3) is 0 Å². The summed E-state index contributed by atoms with van der Waals surface area (Å²) in [4.78, 5) is 17.2. The molecule has 1 aromatic rings. The summed E-state index contributed by atoms with van der Waals surface area (Å²) < 4.78 is 25.8. The van der Waals surface area contributed by atoms with Crippen molar-refractivity contribution in [2.24, 2.45) is 9.98 Å². The number of fused-ring (bicyclic) bond motifs is 1. The summed E-state index contributed by atoms with van der Waals surface area (Å²) in [7, 11) is 0. The second-order valence-electron chi connectivity index (χ2n) is 2.36. The molecule has 13 heavy (non-hydrogen) atoms. The first-order valence-corrected chi connectivity index (χ1v) is 4.04. The molecule has 0 aliphatic carbocycles. The monoisotopic (exact) mass is 246 g/mol. The van der Waals surface area contributed by atoms with Gasteiger partial charge in [-0.15, -0.1) is 0 Å². The molecule has 0 saturated heterocycles. The second kappa shape index (κ2) is 2.66. The molecule has 1 aromatic carbocycles. The van der Waals surface area contributed by atoms with Gasteiger partial charge in [-0.05, 0) is 22.0 Å². The van der Waals surface area contributed by atoms with Gasteiger partial charge in [-0.3, -0.25) is 0 Å². The Balaban J connectivity index is 2.98. The van der Waals surface area contributed by atoms with E-state index >= 15 is 0 Å². The largest absolute Gasteiger partial charge is 0.368 e. The molecule has 66 valence electrons. The molecule has 0 radical (unpaired) electrons. The van der Waals surface area contributed by atoms with Crippen LogP contribution in [0.2, 0.25) is 0 Å². The minimum absolute atomic E-state index is 0.0516. The lowest BCUT2D eigenvalue weighted by atomic mass is 10.3. The van der Waals surface area contributed by atoms with Crippen LogP contribution in [-0.4, -0.2) is 6.03 Å². The lowest BCUT2D eigenvalue weighted by Gasteiger charge is -1.93. The molecular weight excluding hydrogens is 246 g/mol. The maximum atomic E-state index is 13.0. The van der Waals surface area contributed by atoms with Crippen molar-refractivity contribution in [2.75, 3.05) is 0 Å². The summed E-state index contributed by atoms with van der Waals surface area (Å²) in [6.45, 7) is 0. The number of carbonyl (C=O) groups is 1. The number of hydrogen-bond acceptors (Lipinski definition) is 1. The van der Waals surface area contributed by atoms with Gasteiger partial charge in [0, 0.05) is 0 Å². The molecule has 0 N–H and O–H groups in total. The summed E-state index contributed by atoms with van der Waals surface area (Å²) in [5.74, 6) is -2.22. The van der Waals surface area contributed by atoms with Crippen molar-refractivity contribution in [3.63, 3.8) is 0 Å². The molecule has 1 aliphatic rings. The Hall–Kier alpha value is -1.17. The van der Waals surface area contributed by atoms with E-state index in [-0.39, 0.29) is 15.2 Å². The summed E-state index contributed by atoms with van der Waals surface area (Å²) in [5.41, 5.74) is 0. The van der Waals surface area contributed by atoms with Crippen LogP contribution in [0.1, 0.15) is 0 Å². The fourth-order valence-corrected chi connectivity index (χ4v) is 1.38. The van der Waals surface area contributed by atoms with Crippen LogP contribution in [0.25, 0.3) is 0 Å². The van der Waals surface area contributed by atoms with E-state index in [1.807, 2.05) is 0 Å². The maximum Gasteiger partial charge on any atom is 0.368 e. The van der Waals surface area contributed by atoms with Crippen molar-refractivity contribution >= 4 is 22.0 Å². The minimum Gasteiger partial charge on any atom is -0.244 e. The Morgan fingerprint density at radius 2 is 1.92 bits per heavy atom. The number of rotatable bonds is 0. The highest BCUT2D eigenvalue weighted by Gasteiger charge is 2.15. The standard InChI is InChI=1S/C7HBrF2N2O/c8-2-1-3-6(5(10)4(2)9)12-7(13)11-3/h1H. The number of urea groups is 1. The molecule has 0 spiro atoms. The maximum absolute atomic E-state index is 13.0. The zero-order valence-corrected chi connectivity index (χ0v) is 7.60. The SMILES string of the molecule is O=C1N=c2cc(Br)c(F)c(F)c2=N1. The number of carbonyl (C=O) groups excluding carboxylic acids is 1. The number of amides is 2. The van der Waals surface area contributed by atoms with E-state index in [0.29, 0.717) is 0 Å². The smallest absolute Gasteiger partial charge is 0.244 e. The molecule has 1 heterocycles. The van der Waals surface area contributed by atoms with E-state index in [9.17, 15) is 13.6 Å². The highest BCUT2D eigenvalue weighted by Crippen LogP contribution is 2.13. The van der Waals surface area contributed by atoms with Gasteiger partial charge in [-0.1, -0.05) is 0 Å². The van der Waals surface area contributed by atoms with Gasteiger partial charge in [0.15, 0.2) is 11.6 Å². The predicted octanol–water partition coefficient (Wildman–Crippen LogP) is 1.10. The number of benzene rings is 1. The van der Waals surface area contributed by atoms with Gasteiger partial charge in [0.05, 0.1) is 9.83 Å². The van der Waals surface area contributed by atoms with E-state index in [2.05, 4.69) is 25.9 Å². The van der Waals surface area contributed by atoms with Crippen molar-refractivity contribution in [3.05, 3.63) is 32.9 Å². The Morgan fingerprint density at radius 3 is 2.62 bits per heavy atom. The van der Waals surface area contributed by atoms with E-state index in [0.717, 1.165) is 0 Å². The Bertz CT molecular complexity index is 526. The van der Waals surface area contributed by atoms with Crippen LogP contribution in [0.3, 0.4) is 0 Å². The Kier molecular flexibility index (Phi) is 1.73. The fourth-order valence-electron chi connectivity index (χ4n) is 0.988. The molecule has 0 aromatic heterocycles. The van der Waals surface area contributed by atoms with Gasteiger partial charge < -0.3 is 0 Å². The minimum atomic E-state index is -1.15. The first kappa shape index (κ1) is 8.43. The van der Waals surface area contributed by atoms with E-state index in [4.69, 9.17) is 0 Å². The third kappa shape index (κ3) is 1.17. The van der Waals surface area contributed by atoms with Crippen molar-refractivity contribution in [2.45, 2.75) is 0 Å². The van der Waals surface area contributed by atoms with Crippen molar-refractivity contribution < 1.29 is 13.6 Å². The summed E-state index contributed by atoms with van der Waals surface area (Å²) >= 11 is 2.79. The van der Waals surface area contributed by atoms with Crippen LogP contribution in [-0.2, 0) is 0 Å². The average molecular weight is 247 g/mol. The molecule has 3 nitrogen and oxygen atoms in total. The van der Waals surface area contributed by atoms with Gasteiger partial charge in [-0.25, -0.2) is 13.6 Å². The third-order valence-electron chi connectivity index (χ3n) is 1.54. The fraction of sp³-hybridized carbons (Fsp3) is 0. The lowest BCUT2D eigenvalue weighted by molar-refractivity contribution is 0.256. The highest BCUT2D eigenvalue weighted by atomic mass is 79.9. The molecule has 6 heteroatoms. The number of nitrogens with zero attached hydrogens (tertiary/aromatic N) is 2. The van der Waals surface area contributed by atoms with Gasteiger partial charge in [0.2, 0.25) is 0 Å². The molecule has 0 atom stereocenters. The van der Waals surface area contributed by atoms with Gasteiger partial charge in [0.1, 0.15) is 5.36 Å². The molecule has 2 amide bonds. The van der Waals surface area contributed by atoms with Crippen molar-refractivity contribution in [3.8, 4) is 0 Å². The van der Waals surface area contributed by atoms with Crippen LogP contribution in [0.15, 0.2) is 20.5 Å². The first-order chi connectivity index (χ1) is 6.09. The molecule has 0 fully saturated rings. The Morgan fingerprint density at radius 1 is 1.23 bits per heavy atom. The topological polar surface area (TPSA) is 41.8 Å². The normalized spacial score (nSPS) is 13.6. The third-order valence-corrected chi connectivity index (χ3v) is 2.12. The number of hydrogen-bond donors (Lipinski definition) is 0. The summed E-state index contributed by atoms with van der Waals surface area (Å²) in [5, 5.41) is -0.276. The second-order valence-corrected chi connectivity index (χ2v) is 3.21. The van der Waals surface area contributed by atoms with E-state index < -0.39 is 17.7 Å².